The van der Waals surface area contributed by atoms with E-state index in [1.165, 1.54) is 0 Å². The van der Waals surface area contributed by atoms with Crippen molar-refractivity contribution in [1.82, 2.24) is 6.15 Å². The van der Waals surface area contributed by atoms with Gasteiger partial charge in [-0.1, -0.05) is 0 Å². The Hall–Kier alpha value is 0.104. The fourth-order valence-electron chi connectivity index (χ4n) is 0. The van der Waals surface area contributed by atoms with Crippen molar-refractivity contribution in [3.8, 4) is 0 Å². The number of rotatable bonds is 1. The van der Waals surface area contributed by atoms with E-state index in [9.17, 15) is 9.90 Å². The second-order valence-electron chi connectivity index (χ2n) is 0.995. The van der Waals surface area contributed by atoms with Crippen molar-refractivity contribution in [1.29, 1.82) is 0 Å². The third-order valence-electron chi connectivity index (χ3n) is 0.341. The molecule has 0 saturated carbocycles. The van der Waals surface area contributed by atoms with E-state index in [1.54, 1.807) is 0 Å². The molecular formula is C3H8NO3Ti+3. The van der Waals surface area contributed by atoms with E-state index in [4.69, 9.17) is 5.11 Å². The van der Waals surface area contributed by atoms with Gasteiger partial charge in [0.25, 0.3) is 0 Å². The Morgan fingerprint density at radius 2 is 1.88 bits per heavy atom. The zero-order chi connectivity index (χ0) is 5.15. The SMILES string of the molecule is CC(O)C(=O)[O-].N.[Ti+4]. The van der Waals surface area contributed by atoms with Crippen LogP contribution in [0.15, 0.2) is 0 Å². The summed E-state index contributed by atoms with van der Waals surface area (Å²) in [5, 5.41) is 17.3. The van der Waals surface area contributed by atoms with E-state index in [1.807, 2.05) is 0 Å². The van der Waals surface area contributed by atoms with Crippen molar-refractivity contribution < 1.29 is 36.7 Å². The van der Waals surface area contributed by atoms with Crippen LogP contribution in [-0.2, 0) is 26.5 Å². The molecule has 0 spiro atoms. The van der Waals surface area contributed by atoms with Crippen LogP contribution >= 0.6 is 0 Å². The molecule has 0 bridgehead atoms. The summed E-state index contributed by atoms with van der Waals surface area (Å²) in [6, 6.07) is 0. The quantitative estimate of drug-likeness (QED) is 0.439. The molecule has 0 fully saturated rings. The molecule has 0 aliphatic rings. The zero-order valence-electron chi connectivity index (χ0n) is 4.55. The van der Waals surface area contributed by atoms with Gasteiger partial charge in [-0.15, -0.1) is 0 Å². The largest absolute Gasteiger partial charge is 4.00 e. The van der Waals surface area contributed by atoms with Crippen molar-refractivity contribution in [3.05, 3.63) is 0 Å². The summed E-state index contributed by atoms with van der Waals surface area (Å²) >= 11 is 0. The molecule has 0 aliphatic heterocycles. The maximum atomic E-state index is 9.34. The Balaban J connectivity index is -0.000000125. The second-order valence-corrected chi connectivity index (χ2v) is 0.995. The standard InChI is InChI=1S/C3H6O3.H3N.Ti/c1-2(4)3(5)6;;/h2,4H,1H3,(H,5,6);1H3;/q;;+4/p-1. The minimum absolute atomic E-state index is 0. The minimum atomic E-state index is -1.44. The normalized spacial score (nSPS) is 10.2. The smallest absolute Gasteiger partial charge is 0.547 e. The molecular weight excluding hydrogens is 146 g/mol. The molecule has 0 aliphatic carbocycles. The maximum absolute atomic E-state index is 9.34. The Kier molecular flexibility index (Phi) is 13.9. The molecule has 0 rings (SSSR count). The minimum Gasteiger partial charge on any atom is -0.547 e. The number of hydrogen-bond donors (Lipinski definition) is 2. The van der Waals surface area contributed by atoms with Gasteiger partial charge in [-0.3, -0.25) is 0 Å². The number of carboxylic acid groups (broad SMARTS) is 1. The number of aliphatic carboxylic acids is 1. The van der Waals surface area contributed by atoms with Gasteiger partial charge in [-0.05, 0) is 6.92 Å². The average Bonchev–Trinajstić information content (AvgIpc) is 1.36. The Bertz CT molecular complexity index is 65.5. The molecule has 4 N–H and O–H groups in total. The van der Waals surface area contributed by atoms with E-state index in [0.717, 1.165) is 6.92 Å². The van der Waals surface area contributed by atoms with Crippen LogP contribution in [-0.4, -0.2) is 17.2 Å². The molecule has 0 aromatic carbocycles. The number of hydrogen-bond acceptors (Lipinski definition) is 4. The third-order valence-corrected chi connectivity index (χ3v) is 0.341. The molecule has 0 amide bonds. The van der Waals surface area contributed by atoms with Crippen LogP contribution in [0, 0.1) is 0 Å². The first kappa shape index (κ1) is 15.7. The summed E-state index contributed by atoms with van der Waals surface area (Å²) in [4.78, 5) is 9.34. The Morgan fingerprint density at radius 3 is 1.88 bits per heavy atom. The number of carbonyl (C=O) groups is 1. The van der Waals surface area contributed by atoms with Crippen LogP contribution in [0.4, 0.5) is 0 Å². The number of aliphatic hydroxyl groups is 1. The van der Waals surface area contributed by atoms with E-state index in [-0.39, 0.29) is 27.9 Å². The monoisotopic (exact) mass is 154 g/mol. The molecule has 44 valence electrons. The van der Waals surface area contributed by atoms with Crippen molar-refractivity contribution in [2.75, 3.05) is 0 Å². The molecule has 8 heavy (non-hydrogen) atoms. The van der Waals surface area contributed by atoms with Crippen LogP contribution in [0.2, 0.25) is 0 Å². The Morgan fingerprint density at radius 1 is 1.75 bits per heavy atom. The van der Waals surface area contributed by atoms with Gasteiger partial charge >= 0.3 is 21.7 Å². The van der Waals surface area contributed by atoms with Crippen LogP contribution in [0.3, 0.4) is 0 Å². The predicted molar refractivity (Wildman–Crippen MR) is 21.7 cm³/mol. The fraction of sp³-hybridized carbons (Fsp3) is 0.667. The van der Waals surface area contributed by atoms with Crippen molar-refractivity contribution in [2.45, 2.75) is 13.0 Å². The van der Waals surface area contributed by atoms with Crippen LogP contribution in [0.1, 0.15) is 6.92 Å². The molecule has 1 unspecified atom stereocenters. The van der Waals surface area contributed by atoms with Gasteiger partial charge in [0, 0.05) is 0 Å². The van der Waals surface area contributed by atoms with E-state index >= 15 is 0 Å². The van der Waals surface area contributed by atoms with Gasteiger partial charge in [0.05, 0.1) is 12.1 Å². The topological polar surface area (TPSA) is 95.4 Å². The number of carbonyl (C=O) groups excluding carboxylic acids is 1. The summed E-state index contributed by atoms with van der Waals surface area (Å²) in [7, 11) is 0. The molecule has 0 saturated heterocycles. The average molecular weight is 154 g/mol. The molecule has 0 radical (unpaired) electrons. The van der Waals surface area contributed by atoms with Gasteiger partial charge in [0.15, 0.2) is 0 Å². The summed E-state index contributed by atoms with van der Waals surface area (Å²) in [6.45, 7) is 1.13. The van der Waals surface area contributed by atoms with Gasteiger partial charge in [0.2, 0.25) is 0 Å². The van der Waals surface area contributed by atoms with E-state index in [0.29, 0.717) is 0 Å². The molecule has 5 heteroatoms. The number of carboxylic acids is 1. The summed E-state index contributed by atoms with van der Waals surface area (Å²) < 4.78 is 0. The van der Waals surface area contributed by atoms with Crippen molar-refractivity contribution >= 4 is 5.97 Å². The van der Waals surface area contributed by atoms with E-state index in [2.05, 4.69) is 0 Å². The van der Waals surface area contributed by atoms with Gasteiger partial charge in [-0.25, -0.2) is 0 Å². The van der Waals surface area contributed by atoms with Crippen molar-refractivity contribution in [3.63, 3.8) is 0 Å². The second kappa shape index (κ2) is 7.10. The molecule has 1 atom stereocenters. The maximum Gasteiger partial charge on any atom is 4.00 e. The van der Waals surface area contributed by atoms with Gasteiger partial charge in [-0.2, -0.15) is 0 Å². The predicted octanol–water partition coefficient (Wildman–Crippen LogP) is -1.72. The molecule has 0 aromatic heterocycles. The van der Waals surface area contributed by atoms with Crippen LogP contribution in [0.5, 0.6) is 0 Å². The molecule has 0 aromatic rings. The first-order valence-electron chi connectivity index (χ1n) is 1.53. The summed E-state index contributed by atoms with van der Waals surface area (Å²) in [6.07, 6.45) is -1.34. The number of aliphatic hydroxyl groups excluding tert-OH is 1. The van der Waals surface area contributed by atoms with Gasteiger partial charge < -0.3 is 21.2 Å². The van der Waals surface area contributed by atoms with Crippen LogP contribution in [0.25, 0.3) is 0 Å². The fourth-order valence-corrected chi connectivity index (χ4v) is 0. The molecule has 4 nitrogen and oxygen atoms in total. The first-order chi connectivity index (χ1) is 2.64. The Labute approximate surface area is 62.4 Å². The van der Waals surface area contributed by atoms with Crippen LogP contribution < -0.4 is 11.3 Å². The first-order valence-corrected chi connectivity index (χ1v) is 1.53. The van der Waals surface area contributed by atoms with Crippen molar-refractivity contribution in [2.24, 2.45) is 0 Å². The molecule has 0 heterocycles. The van der Waals surface area contributed by atoms with Gasteiger partial charge in [0.1, 0.15) is 0 Å². The zero-order valence-corrected chi connectivity index (χ0v) is 6.11. The third kappa shape index (κ3) is 9.44. The van der Waals surface area contributed by atoms with E-state index < -0.39 is 12.1 Å². The summed E-state index contributed by atoms with van der Waals surface area (Å²) in [5.41, 5.74) is 0. The summed E-state index contributed by atoms with van der Waals surface area (Å²) in [5.74, 6) is -1.44.